The molecule has 0 bridgehead atoms. The van der Waals surface area contributed by atoms with E-state index in [0.717, 1.165) is 19.6 Å². The van der Waals surface area contributed by atoms with E-state index < -0.39 is 9.52 Å². The van der Waals surface area contributed by atoms with E-state index in [1.165, 1.54) is 68.5 Å². The summed E-state index contributed by atoms with van der Waals surface area (Å²) in [5.41, 5.74) is 2.79. The number of rotatable bonds is 18. The fraction of sp³-hybridized carbons (Fsp3) is 0.769. The predicted molar refractivity (Wildman–Crippen MR) is 131 cm³/mol. The first kappa shape index (κ1) is 26.4. The van der Waals surface area contributed by atoms with Crippen LogP contribution in [-0.4, -0.2) is 28.6 Å². The van der Waals surface area contributed by atoms with E-state index in [-0.39, 0.29) is 5.91 Å². The molecule has 0 amide bonds. The first-order chi connectivity index (χ1) is 14.1. The molecule has 2 nitrogen and oxygen atoms in total. The lowest BCUT2D eigenvalue weighted by Crippen LogP contribution is -2.29. The number of hydrogen-bond acceptors (Lipinski definition) is 2. The zero-order valence-corrected chi connectivity index (χ0v) is 21.5. The SMILES string of the molecule is CCCCC(CC)COC(OCC(CC)CCCC)[SiH2]CCc1ccc(C)cc1. The monoisotopic (exact) mass is 420 g/mol. The Morgan fingerprint density at radius 3 is 1.76 bits per heavy atom. The van der Waals surface area contributed by atoms with Crippen LogP contribution in [0.4, 0.5) is 0 Å². The lowest BCUT2D eigenvalue weighted by molar-refractivity contribution is -0.110. The number of unbranched alkanes of at least 4 members (excludes halogenated alkanes) is 2. The van der Waals surface area contributed by atoms with Gasteiger partial charge >= 0.3 is 0 Å². The summed E-state index contributed by atoms with van der Waals surface area (Å²) in [5.74, 6) is 1.47. The van der Waals surface area contributed by atoms with Gasteiger partial charge in [0.1, 0.15) is 5.91 Å². The summed E-state index contributed by atoms with van der Waals surface area (Å²) in [7, 11) is -0.412. The molecule has 0 N–H and O–H groups in total. The summed E-state index contributed by atoms with van der Waals surface area (Å²) < 4.78 is 12.8. The van der Waals surface area contributed by atoms with Crippen LogP contribution >= 0.6 is 0 Å². The zero-order valence-electron chi connectivity index (χ0n) is 20.1. The van der Waals surface area contributed by atoms with Crippen LogP contribution in [0.5, 0.6) is 0 Å². The Balaban J connectivity index is 2.52. The van der Waals surface area contributed by atoms with Crippen molar-refractivity contribution in [3.8, 4) is 0 Å². The normalized spacial score (nSPS) is 15.1. The number of hydrogen-bond donors (Lipinski definition) is 0. The Labute approximate surface area is 184 Å². The maximum Gasteiger partial charge on any atom is 0.134 e. The minimum atomic E-state index is -0.412. The standard InChI is InChI=1S/C26H48O2Si/c1-6-10-12-23(8-3)20-27-26(28-21-24(9-4)13-11-7-2)29-19-18-25-16-14-22(5)15-17-25/h14-17,23-24,26H,6-13,18-21,29H2,1-5H3. The fourth-order valence-corrected chi connectivity index (χ4v) is 5.28. The summed E-state index contributed by atoms with van der Waals surface area (Å²) in [6.07, 6.45) is 11.3. The highest BCUT2D eigenvalue weighted by Gasteiger charge is 2.16. The molecular weight excluding hydrogens is 372 g/mol. The molecule has 0 radical (unpaired) electrons. The van der Waals surface area contributed by atoms with Crippen molar-refractivity contribution in [1.29, 1.82) is 0 Å². The van der Waals surface area contributed by atoms with Crippen LogP contribution in [0.15, 0.2) is 24.3 Å². The second kappa shape index (κ2) is 17.1. The smallest absolute Gasteiger partial charge is 0.134 e. The van der Waals surface area contributed by atoms with Crippen LogP contribution in [0.25, 0.3) is 0 Å². The van der Waals surface area contributed by atoms with E-state index in [9.17, 15) is 0 Å². The van der Waals surface area contributed by atoms with E-state index >= 15 is 0 Å². The van der Waals surface area contributed by atoms with Gasteiger partial charge in [0.2, 0.25) is 0 Å². The Hall–Kier alpha value is -0.643. The molecule has 0 heterocycles. The molecule has 1 aromatic rings. The lowest BCUT2D eigenvalue weighted by atomic mass is 10.0. The molecule has 1 rings (SSSR count). The van der Waals surface area contributed by atoms with Gasteiger partial charge < -0.3 is 9.47 Å². The molecule has 1 aromatic carbocycles. The van der Waals surface area contributed by atoms with E-state index in [1.807, 2.05) is 0 Å². The second-order valence-electron chi connectivity index (χ2n) is 8.81. The second-order valence-corrected chi connectivity index (χ2v) is 10.8. The van der Waals surface area contributed by atoms with Crippen LogP contribution in [0.2, 0.25) is 6.04 Å². The molecule has 0 saturated heterocycles. The Morgan fingerprint density at radius 1 is 0.793 bits per heavy atom. The molecule has 168 valence electrons. The maximum atomic E-state index is 6.39. The molecule has 0 fully saturated rings. The van der Waals surface area contributed by atoms with Gasteiger partial charge in [-0.2, -0.15) is 0 Å². The van der Waals surface area contributed by atoms with Gasteiger partial charge in [-0.25, -0.2) is 0 Å². The van der Waals surface area contributed by atoms with Gasteiger partial charge in [-0.1, -0.05) is 102 Å². The first-order valence-corrected chi connectivity index (χ1v) is 14.2. The third-order valence-corrected chi connectivity index (χ3v) is 7.85. The van der Waals surface area contributed by atoms with E-state index in [4.69, 9.17) is 9.47 Å². The molecule has 29 heavy (non-hydrogen) atoms. The topological polar surface area (TPSA) is 18.5 Å². The highest BCUT2D eigenvalue weighted by atomic mass is 28.2. The minimum absolute atomic E-state index is 0.0896. The van der Waals surface area contributed by atoms with Gasteiger partial charge in [0.25, 0.3) is 0 Å². The maximum absolute atomic E-state index is 6.39. The van der Waals surface area contributed by atoms with Crippen LogP contribution in [0, 0.1) is 18.8 Å². The van der Waals surface area contributed by atoms with Crippen molar-refractivity contribution in [2.24, 2.45) is 11.8 Å². The van der Waals surface area contributed by atoms with Crippen molar-refractivity contribution in [3.63, 3.8) is 0 Å². The van der Waals surface area contributed by atoms with Crippen LogP contribution in [0.1, 0.15) is 90.2 Å². The van der Waals surface area contributed by atoms with E-state index in [2.05, 4.69) is 58.9 Å². The summed E-state index contributed by atoms with van der Waals surface area (Å²) >= 11 is 0. The van der Waals surface area contributed by atoms with Gasteiger partial charge in [-0.3, -0.25) is 0 Å². The molecule has 3 heteroatoms. The molecular formula is C26H48O2Si. The molecule has 0 saturated carbocycles. The summed E-state index contributed by atoms with van der Waals surface area (Å²) in [4.78, 5) is 0. The van der Waals surface area contributed by atoms with Gasteiger partial charge in [0.05, 0.1) is 22.7 Å². The van der Waals surface area contributed by atoms with Crippen molar-refractivity contribution >= 4 is 9.52 Å². The third-order valence-electron chi connectivity index (χ3n) is 6.15. The Bertz CT molecular complexity index is 468. The van der Waals surface area contributed by atoms with Crippen LogP contribution in [-0.2, 0) is 15.9 Å². The zero-order chi connectivity index (χ0) is 21.3. The quantitative estimate of drug-likeness (QED) is 0.190. The Morgan fingerprint density at radius 2 is 1.31 bits per heavy atom. The molecule has 2 unspecified atom stereocenters. The molecule has 2 atom stereocenters. The van der Waals surface area contributed by atoms with Crippen LogP contribution in [0.3, 0.4) is 0 Å². The van der Waals surface area contributed by atoms with Crippen molar-refractivity contribution in [2.75, 3.05) is 13.2 Å². The molecule has 0 aromatic heterocycles. The lowest BCUT2D eigenvalue weighted by Gasteiger charge is -2.24. The summed E-state index contributed by atoms with van der Waals surface area (Å²) in [5, 5.41) is 0. The third kappa shape index (κ3) is 12.6. The molecule has 0 aliphatic rings. The van der Waals surface area contributed by atoms with Crippen molar-refractivity contribution in [2.45, 2.75) is 104 Å². The van der Waals surface area contributed by atoms with Crippen LogP contribution < -0.4 is 0 Å². The Kier molecular flexibility index (Phi) is 15.5. The predicted octanol–water partition coefficient (Wildman–Crippen LogP) is 6.87. The van der Waals surface area contributed by atoms with Crippen molar-refractivity contribution in [3.05, 3.63) is 35.4 Å². The average Bonchev–Trinajstić information content (AvgIpc) is 2.74. The summed E-state index contributed by atoms with van der Waals surface area (Å²) in [6.45, 7) is 13.1. The fourth-order valence-electron chi connectivity index (χ4n) is 3.73. The first-order valence-electron chi connectivity index (χ1n) is 12.4. The number of benzene rings is 1. The van der Waals surface area contributed by atoms with Crippen molar-refractivity contribution < 1.29 is 9.47 Å². The van der Waals surface area contributed by atoms with E-state index in [1.54, 1.807) is 0 Å². The molecule has 0 spiro atoms. The molecule has 0 aliphatic carbocycles. The molecule has 0 aliphatic heterocycles. The highest BCUT2D eigenvalue weighted by molar-refractivity contribution is 6.36. The van der Waals surface area contributed by atoms with Gasteiger partial charge in [0, 0.05) is 0 Å². The largest absolute Gasteiger partial charge is 0.357 e. The average molecular weight is 421 g/mol. The van der Waals surface area contributed by atoms with Crippen molar-refractivity contribution in [1.82, 2.24) is 0 Å². The highest BCUT2D eigenvalue weighted by Crippen LogP contribution is 2.17. The number of ether oxygens (including phenoxy) is 2. The summed E-state index contributed by atoms with van der Waals surface area (Å²) in [6, 6.07) is 10.2. The van der Waals surface area contributed by atoms with Gasteiger partial charge in [-0.15, -0.1) is 0 Å². The van der Waals surface area contributed by atoms with E-state index in [0.29, 0.717) is 11.8 Å². The van der Waals surface area contributed by atoms with Gasteiger partial charge in [0.15, 0.2) is 0 Å². The minimum Gasteiger partial charge on any atom is -0.357 e. The van der Waals surface area contributed by atoms with Gasteiger partial charge in [-0.05, 0) is 43.6 Å². The number of aryl methyl sites for hydroxylation is 2.